The van der Waals surface area contributed by atoms with Gasteiger partial charge in [0, 0.05) is 19.0 Å². The highest BCUT2D eigenvalue weighted by atomic mass is 35.5. The first kappa shape index (κ1) is 17.1. The fourth-order valence-electron chi connectivity index (χ4n) is 2.06. The van der Waals surface area contributed by atoms with Crippen LogP contribution in [-0.2, 0) is 6.42 Å². The molecule has 1 unspecified atom stereocenters. The number of carbonyl (C=O) groups excluding carboxylic acids is 1. The van der Waals surface area contributed by atoms with Crippen LogP contribution in [-0.4, -0.2) is 30.9 Å². The largest absolute Gasteiger partial charge is 0.497 e. The van der Waals surface area contributed by atoms with Gasteiger partial charge < -0.3 is 20.5 Å². The molecule has 0 fully saturated rings. The number of anilines is 1. The Balaban J connectivity index is 1.81. The summed E-state index contributed by atoms with van der Waals surface area (Å²) in [5.74, 6) is 0.610. The normalized spacial score (nSPS) is 11.6. The van der Waals surface area contributed by atoms with Crippen molar-refractivity contribution < 1.29 is 14.6 Å². The number of methoxy groups -OCH3 is 1. The molecular weight excluding hydrogens is 316 g/mol. The minimum absolute atomic E-state index is 0.147. The van der Waals surface area contributed by atoms with Crippen molar-refractivity contribution in [3.63, 3.8) is 0 Å². The number of aliphatic hydroxyl groups is 1. The van der Waals surface area contributed by atoms with E-state index in [0.717, 1.165) is 5.56 Å². The third-order valence-corrected chi connectivity index (χ3v) is 3.55. The standard InChI is InChI=1S/C17H19ClN2O3/c1-23-14-7-8-16(15(18)10-14)20-17(22)19-11-13(21)9-12-5-3-2-4-6-12/h2-8,10,13,21H,9,11H2,1H3,(H2,19,20,22). The summed E-state index contributed by atoms with van der Waals surface area (Å²) in [6, 6.07) is 14.1. The summed E-state index contributed by atoms with van der Waals surface area (Å²) in [6.07, 6.45) is -0.181. The van der Waals surface area contributed by atoms with Crippen molar-refractivity contribution in [1.29, 1.82) is 0 Å². The number of benzene rings is 2. The molecule has 2 rings (SSSR count). The molecule has 3 N–H and O–H groups in total. The maximum atomic E-state index is 11.9. The molecule has 1 atom stereocenters. The van der Waals surface area contributed by atoms with Gasteiger partial charge in [-0.15, -0.1) is 0 Å². The number of aliphatic hydroxyl groups excluding tert-OH is 1. The van der Waals surface area contributed by atoms with Crippen molar-refractivity contribution >= 4 is 23.3 Å². The van der Waals surface area contributed by atoms with Crippen molar-refractivity contribution in [2.24, 2.45) is 0 Å². The molecular formula is C17H19ClN2O3. The second-order valence-electron chi connectivity index (χ2n) is 5.02. The number of nitrogens with one attached hydrogen (secondary N) is 2. The Morgan fingerprint density at radius 2 is 2.00 bits per heavy atom. The number of carbonyl (C=O) groups is 1. The van der Waals surface area contributed by atoms with Crippen molar-refractivity contribution in [3.8, 4) is 5.75 Å². The van der Waals surface area contributed by atoms with Gasteiger partial charge >= 0.3 is 6.03 Å². The number of ether oxygens (including phenoxy) is 1. The van der Waals surface area contributed by atoms with Gasteiger partial charge in [0.05, 0.1) is 23.9 Å². The molecule has 2 aromatic rings. The Morgan fingerprint density at radius 1 is 1.26 bits per heavy atom. The lowest BCUT2D eigenvalue weighted by atomic mass is 10.1. The van der Waals surface area contributed by atoms with E-state index < -0.39 is 12.1 Å². The van der Waals surface area contributed by atoms with Gasteiger partial charge in [-0.25, -0.2) is 4.79 Å². The van der Waals surface area contributed by atoms with E-state index >= 15 is 0 Å². The smallest absolute Gasteiger partial charge is 0.319 e. The molecule has 5 nitrogen and oxygen atoms in total. The van der Waals surface area contributed by atoms with Gasteiger partial charge in [0.25, 0.3) is 0 Å². The van der Waals surface area contributed by atoms with Crippen molar-refractivity contribution in [2.75, 3.05) is 19.0 Å². The Hall–Kier alpha value is -2.24. The molecule has 122 valence electrons. The summed E-state index contributed by atoms with van der Waals surface area (Å²) in [7, 11) is 1.54. The van der Waals surface area contributed by atoms with E-state index in [2.05, 4.69) is 10.6 Å². The predicted molar refractivity (Wildman–Crippen MR) is 91.2 cm³/mol. The molecule has 2 amide bonds. The maximum absolute atomic E-state index is 11.9. The average Bonchev–Trinajstić information content (AvgIpc) is 2.56. The van der Waals surface area contributed by atoms with E-state index in [9.17, 15) is 9.90 Å². The van der Waals surface area contributed by atoms with Crippen LogP contribution in [0.1, 0.15) is 5.56 Å². The van der Waals surface area contributed by atoms with Gasteiger partial charge in [0.1, 0.15) is 5.75 Å². The Bertz CT molecular complexity index is 650. The summed E-state index contributed by atoms with van der Waals surface area (Å²) >= 11 is 6.05. The third-order valence-electron chi connectivity index (χ3n) is 3.24. The highest BCUT2D eigenvalue weighted by Crippen LogP contribution is 2.26. The SMILES string of the molecule is COc1ccc(NC(=O)NCC(O)Cc2ccccc2)c(Cl)c1. The highest BCUT2D eigenvalue weighted by Gasteiger charge is 2.10. The summed E-state index contributed by atoms with van der Waals surface area (Å²) in [6.45, 7) is 0.147. The zero-order valence-electron chi connectivity index (χ0n) is 12.8. The van der Waals surface area contributed by atoms with E-state index in [1.54, 1.807) is 25.3 Å². The Labute approximate surface area is 140 Å². The van der Waals surface area contributed by atoms with Crippen LogP contribution in [0.3, 0.4) is 0 Å². The summed E-state index contributed by atoms with van der Waals surface area (Å²) in [5.41, 5.74) is 1.49. The van der Waals surface area contributed by atoms with Gasteiger partial charge in [-0.1, -0.05) is 41.9 Å². The van der Waals surface area contributed by atoms with E-state index in [4.69, 9.17) is 16.3 Å². The van der Waals surface area contributed by atoms with Crippen LogP contribution in [0.4, 0.5) is 10.5 Å². The second kappa shape index (κ2) is 8.41. The fraction of sp³-hybridized carbons (Fsp3) is 0.235. The van der Waals surface area contributed by atoms with Crippen LogP contribution in [0.5, 0.6) is 5.75 Å². The lowest BCUT2D eigenvalue weighted by Gasteiger charge is -2.13. The van der Waals surface area contributed by atoms with E-state index in [-0.39, 0.29) is 6.54 Å². The van der Waals surface area contributed by atoms with Crippen LogP contribution < -0.4 is 15.4 Å². The first-order valence-corrected chi connectivity index (χ1v) is 7.56. The van der Waals surface area contributed by atoms with Crippen molar-refractivity contribution in [2.45, 2.75) is 12.5 Å². The minimum Gasteiger partial charge on any atom is -0.497 e. The number of amides is 2. The lowest BCUT2D eigenvalue weighted by molar-refractivity contribution is 0.172. The first-order valence-electron chi connectivity index (χ1n) is 7.19. The van der Waals surface area contributed by atoms with Gasteiger partial charge in [0.2, 0.25) is 0 Å². The third kappa shape index (κ3) is 5.47. The van der Waals surface area contributed by atoms with Crippen LogP contribution in [0, 0.1) is 0 Å². The zero-order valence-corrected chi connectivity index (χ0v) is 13.5. The number of hydrogen-bond donors (Lipinski definition) is 3. The molecule has 0 radical (unpaired) electrons. The van der Waals surface area contributed by atoms with Crippen LogP contribution in [0.15, 0.2) is 48.5 Å². The molecule has 0 saturated carbocycles. The maximum Gasteiger partial charge on any atom is 0.319 e. The van der Waals surface area contributed by atoms with Gasteiger partial charge in [0.15, 0.2) is 0 Å². The molecule has 2 aromatic carbocycles. The summed E-state index contributed by atoms with van der Waals surface area (Å²) < 4.78 is 5.04. The van der Waals surface area contributed by atoms with E-state index in [0.29, 0.717) is 22.9 Å². The number of halogens is 1. The predicted octanol–water partition coefficient (Wildman–Crippen LogP) is 3.07. The van der Waals surface area contributed by atoms with E-state index in [1.165, 1.54) is 0 Å². The average molecular weight is 335 g/mol. The molecule has 0 aliphatic heterocycles. The molecule has 0 aromatic heterocycles. The van der Waals surface area contributed by atoms with Gasteiger partial charge in [-0.2, -0.15) is 0 Å². The molecule has 0 bridgehead atoms. The quantitative estimate of drug-likeness (QED) is 0.760. The van der Waals surface area contributed by atoms with Gasteiger partial charge in [-0.05, 0) is 17.7 Å². The highest BCUT2D eigenvalue weighted by molar-refractivity contribution is 6.33. The van der Waals surface area contributed by atoms with Crippen LogP contribution >= 0.6 is 11.6 Å². The number of rotatable bonds is 6. The zero-order chi connectivity index (χ0) is 16.7. The molecule has 23 heavy (non-hydrogen) atoms. The topological polar surface area (TPSA) is 70.6 Å². The summed E-state index contributed by atoms with van der Waals surface area (Å²) in [5, 5.41) is 15.6. The minimum atomic E-state index is -0.658. The molecule has 0 aliphatic rings. The van der Waals surface area contributed by atoms with Crippen LogP contribution in [0.25, 0.3) is 0 Å². The lowest BCUT2D eigenvalue weighted by Crippen LogP contribution is -2.36. The Morgan fingerprint density at radius 3 is 2.65 bits per heavy atom. The monoisotopic (exact) mass is 334 g/mol. The second-order valence-corrected chi connectivity index (χ2v) is 5.43. The number of urea groups is 1. The fourth-order valence-corrected chi connectivity index (χ4v) is 2.28. The Kier molecular flexibility index (Phi) is 6.26. The molecule has 0 spiro atoms. The molecule has 0 heterocycles. The van der Waals surface area contributed by atoms with Crippen molar-refractivity contribution in [1.82, 2.24) is 5.32 Å². The van der Waals surface area contributed by atoms with E-state index in [1.807, 2.05) is 30.3 Å². The van der Waals surface area contributed by atoms with Gasteiger partial charge in [-0.3, -0.25) is 0 Å². The summed E-state index contributed by atoms with van der Waals surface area (Å²) in [4.78, 5) is 11.9. The van der Waals surface area contributed by atoms with Crippen molar-refractivity contribution in [3.05, 3.63) is 59.1 Å². The molecule has 0 saturated heterocycles. The number of hydrogen-bond acceptors (Lipinski definition) is 3. The van der Waals surface area contributed by atoms with Crippen LogP contribution in [0.2, 0.25) is 5.02 Å². The molecule has 0 aliphatic carbocycles. The molecule has 6 heteroatoms. The first-order chi connectivity index (χ1) is 11.1.